The van der Waals surface area contributed by atoms with Crippen LogP contribution in [0.5, 0.6) is 5.75 Å². The summed E-state index contributed by atoms with van der Waals surface area (Å²) in [5.41, 5.74) is 0.804. The molecule has 24 heavy (non-hydrogen) atoms. The number of rotatable bonds is 3. The zero-order valence-electron chi connectivity index (χ0n) is 12.7. The van der Waals surface area contributed by atoms with E-state index in [-0.39, 0.29) is 17.7 Å². The van der Waals surface area contributed by atoms with Gasteiger partial charge in [-0.2, -0.15) is 0 Å². The van der Waals surface area contributed by atoms with Gasteiger partial charge in [0.1, 0.15) is 11.3 Å². The van der Waals surface area contributed by atoms with E-state index in [9.17, 15) is 9.59 Å². The average molecular weight is 324 g/mol. The van der Waals surface area contributed by atoms with E-state index >= 15 is 0 Å². The lowest BCUT2D eigenvalue weighted by Gasteiger charge is -2.02. The molecule has 3 aromatic carbocycles. The Bertz CT molecular complexity index is 865. The number of benzene rings is 3. The molecule has 0 aliphatic heterocycles. The lowest BCUT2D eigenvalue weighted by Crippen LogP contribution is -2.00. The first-order chi connectivity index (χ1) is 11.5. The molecule has 0 unspecified atom stereocenters. The largest absolute Gasteiger partial charge is 0.507 e. The van der Waals surface area contributed by atoms with Crippen LogP contribution in [0.3, 0.4) is 0 Å². The van der Waals surface area contributed by atoms with Gasteiger partial charge in [-0.05, 0) is 28.5 Å². The van der Waals surface area contributed by atoms with Gasteiger partial charge in [0, 0.05) is 0 Å². The molecule has 3 aromatic rings. The quantitative estimate of drug-likeness (QED) is 0.685. The molecule has 0 spiro atoms. The fourth-order valence-corrected chi connectivity index (χ4v) is 2.26. The summed E-state index contributed by atoms with van der Waals surface area (Å²) in [6.07, 6.45) is 0.0847. The first-order valence-electron chi connectivity index (χ1n) is 7.18. The molecule has 3 N–H and O–H groups in total. The summed E-state index contributed by atoms with van der Waals surface area (Å²) >= 11 is 0. The molecule has 0 aliphatic carbocycles. The van der Waals surface area contributed by atoms with Gasteiger partial charge < -0.3 is 15.3 Å². The van der Waals surface area contributed by atoms with E-state index in [0.29, 0.717) is 0 Å². The monoisotopic (exact) mass is 324 g/mol. The van der Waals surface area contributed by atoms with Crippen LogP contribution in [0.25, 0.3) is 10.8 Å². The molecule has 0 heterocycles. The van der Waals surface area contributed by atoms with Crippen LogP contribution in [-0.4, -0.2) is 27.3 Å². The predicted octanol–water partition coefficient (Wildman–Crippen LogP) is 3.56. The van der Waals surface area contributed by atoms with Gasteiger partial charge in [0.25, 0.3) is 0 Å². The highest BCUT2D eigenvalue weighted by molar-refractivity contribution is 5.90. The molecule has 5 nitrogen and oxygen atoms in total. The molecule has 5 heteroatoms. The summed E-state index contributed by atoms with van der Waals surface area (Å²) in [4.78, 5) is 20.9. The normalized spacial score (nSPS) is 9.83. The molecule has 3 rings (SSSR count). The minimum absolute atomic E-state index is 0.0671. The predicted molar refractivity (Wildman–Crippen MR) is 90.4 cm³/mol. The van der Waals surface area contributed by atoms with Gasteiger partial charge in [0.15, 0.2) is 0 Å². The molecule has 122 valence electrons. The maximum absolute atomic E-state index is 10.6. The molecular formula is C19H16O5. The van der Waals surface area contributed by atoms with E-state index in [1.54, 1.807) is 12.1 Å². The molecular weight excluding hydrogens is 308 g/mol. The number of aromatic hydroxyl groups is 1. The summed E-state index contributed by atoms with van der Waals surface area (Å²) in [5.74, 6) is -2.10. The van der Waals surface area contributed by atoms with Crippen LogP contribution in [0, 0.1) is 0 Å². The number of hydrogen-bond acceptors (Lipinski definition) is 3. The second-order valence-electron chi connectivity index (χ2n) is 5.03. The standard InChI is InChI=1S/C12H10O2.C7H6O3/c13-12(14)8-10-6-3-5-9-4-1-2-7-11(9)10;8-6-4-2-1-3-5(6)7(9)10/h1-7H,8H2,(H,13,14);1-4,8H,(H,9,10). The number of phenols is 1. The third kappa shape index (κ3) is 4.33. The number of carboxylic acid groups (broad SMARTS) is 2. The number of aromatic carboxylic acids is 1. The van der Waals surface area contributed by atoms with Crippen LogP contribution >= 0.6 is 0 Å². The van der Waals surface area contributed by atoms with Crippen LogP contribution in [0.1, 0.15) is 15.9 Å². The Kier molecular flexibility index (Phi) is 5.52. The van der Waals surface area contributed by atoms with Gasteiger partial charge in [-0.1, -0.05) is 54.6 Å². The number of carbonyl (C=O) groups is 2. The maximum Gasteiger partial charge on any atom is 0.339 e. The minimum atomic E-state index is -1.11. The highest BCUT2D eigenvalue weighted by Crippen LogP contribution is 2.18. The SMILES string of the molecule is O=C(O)Cc1cccc2ccccc12.O=C(O)c1ccccc1O. The summed E-state index contributed by atoms with van der Waals surface area (Å²) in [5, 5.41) is 28.1. The van der Waals surface area contributed by atoms with Crippen molar-refractivity contribution in [2.75, 3.05) is 0 Å². The van der Waals surface area contributed by atoms with Crippen molar-refractivity contribution >= 4 is 22.7 Å². The first-order valence-corrected chi connectivity index (χ1v) is 7.18. The van der Waals surface area contributed by atoms with E-state index in [4.69, 9.17) is 15.3 Å². The van der Waals surface area contributed by atoms with Gasteiger partial charge in [0.2, 0.25) is 0 Å². The van der Waals surface area contributed by atoms with Gasteiger partial charge in [-0.15, -0.1) is 0 Å². The average Bonchev–Trinajstić information content (AvgIpc) is 2.55. The Morgan fingerprint density at radius 1 is 0.792 bits per heavy atom. The van der Waals surface area contributed by atoms with Crippen molar-refractivity contribution in [2.45, 2.75) is 6.42 Å². The lowest BCUT2D eigenvalue weighted by molar-refractivity contribution is -0.136. The van der Waals surface area contributed by atoms with E-state index in [2.05, 4.69) is 0 Å². The van der Waals surface area contributed by atoms with Crippen LogP contribution in [-0.2, 0) is 11.2 Å². The first kappa shape index (κ1) is 17.0. The Morgan fingerprint density at radius 2 is 1.42 bits per heavy atom. The van der Waals surface area contributed by atoms with Crippen molar-refractivity contribution < 1.29 is 24.9 Å². The van der Waals surface area contributed by atoms with E-state index in [1.807, 2.05) is 42.5 Å². The summed E-state index contributed by atoms with van der Waals surface area (Å²) in [6, 6.07) is 19.4. The molecule has 0 bridgehead atoms. The van der Waals surface area contributed by atoms with Gasteiger partial charge in [-0.25, -0.2) is 4.79 Å². The van der Waals surface area contributed by atoms with Gasteiger partial charge in [-0.3, -0.25) is 4.79 Å². The Labute approximate surface area is 138 Å². The van der Waals surface area contributed by atoms with E-state index in [1.165, 1.54) is 12.1 Å². The molecule has 0 radical (unpaired) electrons. The Morgan fingerprint density at radius 3 is 2.04 bits per heavy atom. The molecule has 0 saturated carbocycles. The second kappa shape index (κ2) is 7.78. The van der Waals surface area contributed by atoms with Crippen molar-refractivity contribution in [2.24, 2.45) is 0 Å². The van der Waals surface area contributed by atoms with Gasteiger partial charge >= 0.3 is 11.9 Å². The number of fused-ring (bicyclic) bond motifs is 1. The minimum Gasteiger partial charge on any atom is -0.507 e. The van der Waals surface area contributed by atoms with Gasteiger partial charge in [0.05, 0.1) is 6.42 Å². The molecule has 0 fully saturated rings. The number of hydrogen-bond donors (Lipinski definition) is 3. The Balaban J connectivity index is 0.000000185. The highest BCUT2D eigenvalue weighted by Gasteiger charge is 2.06. The summed E-state index contributed by atoms with van der Waals surface area (Å²) < 4.78 is 0. The number of carboxylic acids is 2. The van der Waals surface area contributed by atoms with Crippen molar-refractivity contribution in [3.05, 3.63) is 77.9 Å². The lowest BCUT2D eigenvalue weighted by atomic mass is 10.0. The third-order valence-electron chi connectivity index (χ3n) is 3.36. The summed E-state index contributed by atoms with van der Waals surface area (Å²) in [6.45, 7) is 0. The highest BCUT2D eigenvalue weighted by atomic mass is 16.4. The van der Waals surface area contributed by atoms with Crippen LogP contribution in [0.15, 0.2) is 66.7 Å². The van der Waals surface area contributed by atoms with Crippen molar-refractivity contribution in [3.8, 4) is 5.75 Å². The fourth-order valence-electron chi connectivity index (χ4n) is 2.26. The van der Waals surface area contributed by atoms with E-state index in [0.717, 1.165) is 16.3 Å². The van der Waals surface area contributed by atoms with Crippen LogP contribution in [0.2, 0.25) is 0 Å². The fraction of sp³-hybridized carbons (Fsp3) is 0.0526. The van der Waals surface area contributed by atoms with Crippen molar-refractivity contribution in [1.82, 2.24) is 0 Å². The summed E-state index contributed by atoms with van der Waals surface area (Å²) in [7, 11) is 0. The van der Waals surface area contributed by atoms with Crippen molar-refractivity contribution in [1.29, 1.82) is 0 Å². The molecule has 0 atom stereocenters. The zero-order chi connectivity index (χ0) is 17.5. The topological polar surface area (TPSA) is 94.8 Å². The van der Waals surface area contributed by atoms with Crippen molar-refractivity contribution in [3.63, 3.8) is 0 Å². The zero-order valence-corrected chi connectivity index (χ0v) is 12.7. The Hall–Kier alpha value is -3.34. The van der Waals surface area contributed by atoms with Crippen LogP contribution in [0.4, 0.5) is 0 Å². The molecule has 0 amide bonds. The molecule has 0 saturated heterocycles. The number of aliphatic carboxylic acids is 1. The molecule has 0 aromatic heterocycles. The van der Waals surface area contributed by atoms with E-state index < -0.39 is 11.9 Å². The van der Waals surface area contributed by atoms with Crippen LogP contribution < -0.4 is 0 Å². The second-order valence-corrected chi connectivity index (χ2v) is 5.03. The molecule has 0 aliphatic rings. The number of para-hydroxylation sites is 1. The maximum atomic E-state index is 10.6. The third-order valence-corrected chi connectivity index (χ3v) is 3.36. The smallest absolute Gasteiger partial charge is 0.339 e.